The fourth-order valence-corrected chi connectivity index (χ4v) is 2.73. The van der Waals surface area contributed by atoms with Gasteiger partial charge in [0.15, 0.2) is 0 Å². The fraction of sp³-hybridized carbons (Fsp3) is 0.263. The van der Waals surface area contributed by atoms with Gasteiger partial charge in [-0.3, -0.25) is 4.79 Å². The van der Waals surface area contributed by atoms with E-state index in [4.69, 9.17) is 16.3 Å². The molecule has 0 saturated carbocycles. The van der Waals surface area contributed by atoms with Crippen LogP contribution in [-0.2, 0) is 9.53 Å². The normalized spacial score (nSPS) is 11.9. The van der Waals surface area contributed by atoms with E-state index in [9.17, 15) is 9.59 Å². The summed E-state index contributed by atoms with van der Waals surface area (Å²) in [6.07, 6.45) is 0. The van der Waals surface area contributed by atoms with Crippen molar-refractivity contribution < 1.29 is 14.3 Å². The Balaban J connectivity index is 2.29. The zero-order valence-electron chi connectivity index (χ0n) is 13.9. The molecule has 2 rings (SSSR count). The van der Waals surface area contributed by atoms with Gasteiger partial charge in [0.2, 0.25) is 5.91 Å². The molecule has 0 bridgehead atoms. The van der Waals surface area contributed by atoms with Gasteiger partial charge in [0.1, 0.15) is 0 Å². The molecule has 0 aliphatic heterocycles. The maximum atomic E-state index is 12.8. The summed E-state index contributed by atoms with van der Waals surface area (Å²) in [4.78, 5) is 24.6. The SMILES string of the molecule is COC(=O)c1ccccc1NC(=O)[C@@H](c1ccc(Cl)cc1)C(C)C. The Morgan fingerprint density at radius 2 is 1.67 bits per heavy atom. The van der Waals surface area contributed by atoms with Crippen LogP contribution in [0.5, 0.6) is 0 Å². The third kappa shape index (κ3) is 4.15. The van der Waals surface area contributed by atoms with Gasteiger partial charge in [-0.25, -0.2) is 4.79 Å². The maximum Gasteiger partial charge on any atom is 0.339 e. The molecule has 5 heteroatoms. The van der Waals surface area contributed by atoms with Crippen molar-refractivity contribution in [3.8, 4) is 0 Å². The molecular formula is C19H20ClNO3. The molecule has 126 valence electrons. The Morgan fingerprint density at radius 1 is 1.04 bits per heavy atom. The highest BCUT2D eigenvalue weighted by molar-refractivity contribution is 6.30. The number of benzene rings is 2. The molecule has 24 heavy (non-hydrogen) atoms. The Labute approximate surface area is 146 Å². The van der Waals surface area contributed by atoms with Crippen molar-refractivity contribution in [1.82, 2.24) is 0 Å². The molecule has 2 aromatic carbocycles. The van der Waals surface area contributed by atoms with Crippen molar-refractivity contribution in [2.24, 2.45) is 5.92 Å². The Morgan fingerprint density at radius 3 is 2.25 bits per heavy atom. The molecule has 2 aromatic rings. The van der Waals surface area contributed by atoms with Gasteiger partial charge in [-0.05, 0) is 35.7 Å². The zero-order valence-corrected chi connectivity index (χ0v) is 14.6. The van der Waals surface area contributed by atoms with Crippen LogP contribution in [0.15, 0.2) is 48.5 Å². The van der Waals surface area contributed by atoms with Crippen LogP contribution in [0.1, 0.15) is 35.7 Å². The number of hydrogen-bond acceptors (Lipinski definition) is 3. The third-order valence-electron chi connectivity index (χ3n) is 3.77. The van der Waals surface area contributed by atoms with Crippen LogP contribution in [0.2, 0.25) is 5.02 Å². The predicted octanol–water partition coefficient (Wildman–Crippen LogP) is 4.50. The third-order valence-corrected chi connectivity index (χ3v) is 4.02. The van der Waals surface area contributed by atoms with Crippen molar-refractivity contribution in [2.75, 3.05) is 12.4 Å². The van der Waals surface area contributed by atoms with E-state index >= 15 is 0 Å². The molecule has 1 amide bonds. The molecule has 0 fully saturated rings. The number of methoxy groups -OCH3 is 1. The van der Waals surface area contributed by atoms with Crippen LogP contribution in [-0.4, -0.2) is 19.0 Å². The van der Waals surface area contributed by atoms with Crippen molar-refractivity contribution in [3.05, 3.63) is 64.7 Å². The average Bonchev–Trinajstić information content (AvgIpc) is 2.56. The minimum absolute atomic E-state index is 0.0801. The first-order chi connectivity index (χ1) is 11.4. The lowest BCUT2D eigenvalue weighted by atomic mass is 9.87. The van der Waals surface area contributed by atoms with Gasteiger partial charge >= 0.3 is 5.97 Å². The van der Waals surface area contributed by atoms with Gasteiger partial charge in [0.25, 0.3) is 0 Å². The molecule has 0 heterocycles. The van der Waals surface area contributed by atoms with Crippen molar-refractivity contribution in [1.29, 1.82) is 0 Å². The molecule has 0 aliphatic rings. The number of hydrogen-bond donors (Lipinski definition) is 1. The summed E-state index contributed by atoms with van der Waals surface area (Å²) in [5.74, 6) is -0.938. The monoisotopic (exact) mass is 345 g/mol. The van der Waals surface area contributed by atoms with E-state index in [1.807, 2.05) is 26.0 Å². The second-order valence-electron chi connectivity index (χ2n) is 5.80. The first-order valence-electron chi connectivity index (χ1n) is 7.67. The average molecular weight is 346 g/mol. The van der Waals surface area contributed by atoms with Gasteiger partial charge in [0.05, 0.1) is 24.3 Å². The number of carbonyl (C=O) groups is 2. The van der Waals surface area contributed by atoms with Crippen molar-refractivity contribution in [2.45, 2.75) is 19.8 Å². The Bertz CT molecular complexity index is 726. The molecule has 0 aromatic heterocycles. The molecule has 0 saturated heterocycles. The van der Waals surface area contributed by atoms with Crippen LogP contribution in [0.4, 0.5) is 5.69 Å². The van der Waals surface area contributed by atoms with Crippen LogP contribution in [0.25, 0.3) is 0 Å². The number of para-hydroxylation sites is 1. The Hall–Kier alpha value is -2.33. The lowest BCUT2D eigenvalue weighted by molar-refractivity contribution is -0.118. The number of halogens is 1. The van der Waals surface area contributed by atoms with Crippen LogP contribution in [0.3, 0.4) is 0 Å². The number of nitrogens with one attached hydrogen (secondary N) is 1. The van der Waals surface area contributed by atoms with E-state index in [1.54, 1.807) is 36.4 Å². The summed E-state index contributed by atoms with van der Waals surface area (Å²) >= 11 is 5.92. The number of carbonyl (C=O) groups excluding carboxylic acids is 2. The van der Waals surface area contributed by atoms with Gasteiger partial charge in [-0.15, -0.1) is 0 Å². The quantitative estimate of drug-likeness (QED) is 0.811. The van der Waals surface area contributed by atoms with E-state index in [1.165, 1.54) is 7.11 Å². The van der Waals surface area contributed by atoms with E-state index in [2.05, 4.69) is 5.32 Å². The highest BCUT2D eigenvalue weighted by Crippen LogP contribution is 2.28. The van der Waals surface area contributed by atoms with E-state index in [0.29, 0.717) is 16.3 Å². The molecule has 1 atom stereocenters. The minimum Gasteiger partial charge on any atom is -0.465 e. The first kappa shape index (κ1) is 18.0. The second kappa shape index (κ2) is 7.97. The van der Waals surface area contributed by atoms with Crippen molar-refractivity contribution >= 4 is 29.2 Å². The van der Waals surface area contributed by atoms with E-state index in [-0.39, 0.29) is 17.7 Å². The number of esters is 1. The molecule has 4 nitrogen and oxygen atoms in total. The van der Waals surface area contributed by atoms with Gasteiger partial charge in [0, 0.05) is 5.02 Å². The van der Waals surface area contributed by atoms with Gasteiger partial charge in [-0.1, -0.05) is 49.7 Å². The molecule has 1 N–H and O–H groups in total. The number of amides is 1. The van der Waals surface area contributed by atoms with E-state index < -0.39 is 5.97 Å². The standard InChI is InChI=1S/C19H20ClNO3/c1-12(2)17(13-8-10-14(20)11-9-13)18(22)21-16-7-5-4-6-15(16)19(23)24-3/h4-12,17H,1-3H3,(H,21,22)/t17-/m1/s1. The summed E-state index contributed by atoms with van der Waals surface area (Å²) in [7, 11) is 1.31. The highest BCUT2D eigenvalue weighted by atomic mass is 35.5. The molecule has 0 spiro atoms. The second-order valence-corrected chi connectivity index (χ2v) is 6.24. The zero-order chi connectivity index (χ0) is 17.7. The molecule has 0 unspecified atom stereocenters. The summed E-state index contributed by atoms with van der Waals surface area (Å²) in [6.45, 7) is 3.95. The lowest BCUT2D eigenvalue weighted by Gasteiger charge is -2.21. The lowest BCUT2D eigenvalue weighted by Crippen LogP contribution is -2.26. The minimum atomic E-state index is -0.488. The van der Waals surface area contributed by atoms with Gasteiger partial charge < -0.3 is 10.1 Å². The van der Waals surface area contributed by atoms with Crippen LogP contribution >= 0.6 is 11.6 Å². The highest BCUT2D eigenvalue weighted by Gasteiger charge is 2.25. The number of anilines is 1. The predicted molar refractivity (Wildman–Crippen MR) is 95.4 cm³/mol. The summed E-state index contributed by atoms with van der Waals surface area (Å²) < 4.78 is 4.76. The maximum absolute atomic E-state index is 12.8. The number of rotatable bonds is 5. The summed E-state index contributed by atoms with van der Waals surface area (Å²) in [6, 6.07) is 14.0. The summed E-state index contributed by atoms with van der Waals surface area (Å²) in [5, 5.41) is 3.47. The van der Waals surface area contributed by atoms with Crippen LogP contribution in [0, 0.1) is 5.92 Å². The van der Waals surface area contributed by atoms with Crippen molar-refractivity contribution in [3.63, 3.8) is 0 Å². The largest absolute Gasteiger partial charge is 0.465 e. The molecular weight excluding hydrogens is 326 g/mol. The first-order valence-corrected chi connectivity index (χ1v) is 8.05. The summed E-state index contributed by atoms with van der Waals surface area (Å²) in [5.41, 5.74) is 1.64. The molecule has 0 aliphatic carbocycles. The fourth-order valence-electron chi connectivity index (χ4n) is 2.60. The number of ether oxygens (including phenoxy) is 1. The topological polar surface area (TPSA) is 55.4 Å². The smallest absolute Gasteiger partial charge is 0.339 e. The Kier molecular flexibility index (Phi) is 5.99. The van der Waals surface area contributed by atoms with Crippen LogP contribution < -0.4 is 5.32 Å². The van der Waals surface area contributed by atoms with Gasteiger partial charge in [-0.2, -0.15) is 0 Å². The molecule has 0 radical (unpaired) electrons. The van der Waals surface area contributed by atoms with E-state index in [0.717, 1.165) is 5.56 Å².